The summed E-state index contributed by atoms with van der Waals surface area (Å²) < 4.78 is 0. The number of anilines is 1. The van der Waals surface area contributed by atoms with E-state index in [1.54, 1.807) is 19.2 Å². The maximum atomic E-state index is 11.5. The molecule has 5 heteroatoms. The second-order valence-corrected chi connectivity index (χ2v) is 3.30. The highest BCUT2D eigenvalue weighted by atomic mass is 16.3. The molecule has 0 unspecified atom stereocenters. The Kier molecular flexibility index (Phi) is 4.05. The van der Waals surface area contributed by atoms with E-state index in [2.05, 4.69) is 4.98 Å². The minimum Gasteiger partial charge on any atom is -0.397 e. The lowest BCUT2D eigenvalue weighted by atomic mass is 10.2. The first-order valence-corrected chi connectivity index (χ1v) is 4.68. The molecule has 0 aliphatic rings. The molecule has 3 N–H and O–H groups in total. The second-order valence-electron chi connectivity index (χ2n) is 3.30. The zero-order valence-corrected chi connectivity index (χ0v) is 8.68. The molecule has 1 aromatic heterocycles. The van der Waals surface area contributed by atoms with Crippen molar-refractivity contribution in [3.05, 3.63) is 24.0 Å². The van der Waals surface area contributed by atoms with Gasteiger partial charge in [0, 0.05) is 19.3 Å². The Balaban J connectivity index is 2.54. The van der Waals surface area contributed by atoms with E-state index in [9.17, 15) is 4.79 Å². The third-order valence-electron chi connectivity index (χ3n) is 2.04. The average molecular weight is 209 g/mol. The summed E-state index contributed by atoms with van der Waals surface area (Å²) in [5.74, 6) is -0.0682. The first-order valence-electron chi connectivity index (χ1n) is 4.68. The Morgan fingerprint density at radius 1 is 1.60 bits per heavy atom. The van der Waals surface area contributed by atoms with E-state index in [1.807, 2.05) is 0 Å². The number of nitrogens with two attached hydrogens (primary N) is 1. The molecule has 0 aliphatic carbocycles. The lowest BCUT2D eigenvalue weighted by molar-refractivity contribution is -0.129. The third kappa shape index (κ3) is 3.55. The van der Waals surface area contributed by atoms with Crippen molar-refractivity contribution < 1.29 is 9.90 Å². The molecule has 0 fully saturated rings. The molecular weight excluding hydrogens is 194 g/mol. The first-order chi connectivity index (χ1) is 7.13. The fraction of sp³-hybridized carbons (Fsp3) is 0.400. The van der Waals surface area contributed by atoms with Gasteiger partial charge in [-0.3, -0.25) is 9.78 Å². The van der Waals surface area contributed by atoms with Crippen LogP contribution in [0.3, 0.4) is 0 Å². The van der Waals surface area contributed by atoms with Crippen molar-refractivity contribution in [1.29, 1.82) is 0 Å². The van der Waals surface area contributed by atoms with Crippen LogP contribution < -0.4 is 5.73 Å². The van der Waals surface area contributed by atoms with E-state index in [4.69, 9.17) is 10.8 Å². The molecule has 15 heavy (non-hydrogen) atoms. The minimum absolute atomic E-state index is 0.0304. The molecule has 0 saturated heterocycles. The van der Waals surface area contributed by atoms with Gasteiger partial charge in [0.2, 0.25) is 5.91 Å². The quantitative estimate of drug-likeness (QED) is 0.710. The number of likely N-dealkylation sites (N-methyl/N-ethyl adjacent to an activating group) is 1. The lowest BCUT2D eigenvalue weighted by Gasteiger charge is -2.15. The first kappa shape index (κ1) is 11.5. The standard InChI is InChI=1S/C10H15N3O2/c1-13(4-5-14)10(15)6-9-3-2-8(11)7-12-9/h2-3,7,14H,4-6,11H2,1H3. The van der Waals surface area contributed by atoms with Crippen molar-refractivity contribution in [1.82, 2.24) is 9.88 Å². The molecular formula is C10H15N3O2. The molecule has 82 valence electrons. The van der Waals surface area contributed by atoms with E-state index in [0.717, 1.165) is 0 Å². The summed E-state index contributed by atoms with van der Waals surface area (Å²) >= 11 is 0. The largest absolute Gasteiger partial charge is 0.397 e. The summed E-state index contributed by atoms with van der Waals surface area (Å²) in [6.07, 6.45) is 1.76. The summed E-state index contributed by atoms with van der Waals surface area (Å²) in [4.78, 5) is 17.0. The molecule has 0 spiro atoms. The highest BCUT2D eigenvalue weighted by Crippen LogP contribution is 2.03. The smallest absolute Gasteiger partial charge is 0.228 e. The summed E-state index contributed by atoms with van der Waals surface area (Å²) in [5, 5.41) is 8.66. The molecule has 1 heterocycles. The van der Waals surface area contributed by atoms with Gasteiger partial charge in [-0.15, -0.1) is 0 Å². The number of aliphatic hydroxyl groups excluding tert-OH is 1. The summed E-state index contributed by atoms with van der Waals surface area (Å²) in [5.41, 5.74) is 6.73. The Hall–Kier alpha value is -1.62. The number of aliphatic hydroxyl groups is 1. The normalized spacial score (nSPS) is 10.0. The Morgan fingerprint density at radius 3 is 2.87 bits per heavy atom. The monoisotopic (exact) mass is 209 g/mol. The van der Waals surface area contributed by atoms with Gasteiger partial charge in [0.1, 0.15) is 0 Å². The van der Waals surface area contributed by atoms with Gasteiger partial charge >= 0.3 is 0 Å². The van der Waals surface area contributed by atoms with Gasteiger partial charge in [-0.2, -0.15) is 0 Å². The highest BCUT2D eigenvalue weighted by Gasteiger charge is 2.09. The SMILES string of the molecule is CN(CCO)C(=O)Cc1ccc(N)cn1. The molecule has 0 saturated carbocycles. The van der Waals surface area contributed by atoms with Crippen molar-refractivity contribution in [3.63, 3.8) is 0 Å². The van der Waals surface area contributed by atoms with Gasteiger partial charge in [-0.05, 0) is 12.1 Å². The lowest BCUT2D eigenvalue weighted by Crippen LogP contribution is -2.30. The maximum absolute atomic E-state index is 11.5. The van der Waals surface area contributed by atoms with Gasteiger partial charge in [-0.25, -0.2) is 0 Å². The van der Waals surface area contributed by atoms with Crippen LogP contribution in [0.5, 0.6) is 0 Å². The zero-order chi connectivity index (χ0) is 11.3. The van der Waals surface area contributed by atoms with Crippen molar-refractivity contribution in [2.24, 2.45) is 0 Å². The molecule has 0 aromatic carbocycles. The van der Waals surface area contributed by atoms with Gasteiger partial charge in [0.25, 0.3) is 0 Å². The van der Waals surface area contributed by atoms with E-state index < -0.39 is 0 Å². The Labute approximate surface area is 88.5 Å². The number of nitrogens with zero attached hydrogens (tertiary/aromatic N) is 2. The molecule has 5 nitrogen and oxygen atoms in total. The summed E-state index contributed by atoms with van der Waals surface area (Å²) in [7, 11) is 1.65. The molecule has 0 atom stereocenters. The third-order valence-corrected chi connectivity index (χ3v) is 2.04. The van der Waals surface area contributed by atoms with Gasteiger partial charge in [0.15, 0.2) is 0 Å². The maximum Gasteiger partial charge on any atom is 0.228 e. The van der Waals surface area contributed by atoms with Crippen molar-refractivity contribution >= 4 is 11.6 Å². The van der Waals surface area contributed by atoms with Crippen molar-refractivity contribution in [3.8, 4) is 0 Å². The minimum atomic E-state index is -0.0682. The topological polar surface area (TPSA) is 79.5 Å². The van der Waals surface area contributed by atoms with Gasteiger partial charge < -0.3 is 15.7 Å². The Morgan fingerprint density at radius 2 is 2.33 bits per heavy atom. The molecule has 1 amide bonds. The van der Waals surface area contributed by atoms with Crippen molar-refractivity contribution in [2.75, 3.05) is 25.9 Å². The number of aromatic nitrogens is 1. The van der Waals surface area contributed by atoms with Crippen molar-refractivity contribution in [2.45, 2.75) is 6.42 Å². The number of hydrogen-bond acceptors (Lipinski definition) is 4. The number of rotatable bonds is 4. The Bertz CT molecular complexity index is 324. The number of hydrogen-bond donors (Lipinski definition) is 2. The predicted octanol–water partition coefficient (Wildman–Crippen LogP) is -0.343. The second kappa shape index (κ2) is 5.31. The van der Waals surface area contributed by atoms with E-state index in [0.29, 0.717) is 17.9 Å². The molecule has 0 bridgehead atoms. The fourth-order valence-electron chi connectivity index (χ4n) is 1.11. The van der Waals surface area contributed by atoms with Crippen LogP contribution in [0.2, 0.25) is 0 Å². The zero-order valence-electron chi connectivity index (χ0n) is 8.68. The van der Waals surface area contributed by atoms with Gasteiger partial charge in [0.05, 0.1) is 24.9 Å². The van der Waals surface area contributed by atoms with Crippen LogP contribution in [-0.4, -0.2) is 41.1 Å². The number of carbonyl (C=O) groups is 1. The fourth-order valence-corrected chi connectivity index (χ4v) is 1.11. The van der Waals surface area contributed by atoms with E-state index in [-0.39, 0.29) is 18.9 Å². The summed E-state index contributed by atoms with van der Waals surface area (Å²) in [6.45, 7) is 0.311. The van der Waals surface area contributed by atoms with Gasteiger partial charge in [-0.1, -0.05) is 0 Å². The van der Waals surface area contributed by atoms with Crippen LogP contribution in [0.4, 0.5) is 5.69 Å². The van der Waals surface area contributed by atoms with E-state index in [1.165, 1.54) is 11.1 Å². The van der Waals surface area contributed by atoms with Crippen LogP contribution in [0.1, 0.15) is 5.69 Å². The number of nitrogen functional groups attached to an aromatic ring is 1. The molecule has 1 aromatic rings. The van der Waals surface area contributed by atoms with Crippen LogP contribution in [-0.2, 0) is 11.2 Å². The van der Waals surface area contributed by atoms with Crippen LogP contribution in [0.25, 0.3) is 0 Å². The molecule has 1 rings (SSSR count). The number of pyridine rings is 1. The van der Waals surface area contributed by atoms with Crippen LogP contribution >= 0.6 is 0 Å². The summed E-state index contributed by atoms with van der Waals surface area (Å²) in [6, 6.07) is 3.43. The number of carbonyl (C=O) groups excluding carboxylic acids is 1. The molecule has 0 aliphatic heterocycles. The average Bonchev–Trinajstić information content (AvgIpc) is 2.22. The van der Waals surface area contributed by atoms with E-state index >= 15 is 0 Å². The highest BCUT2D eigenvalue weighted by molar-refractivity contribution is 5.78. The van der Waals surface area contributed by atoms with Crippen LogP contribution in [0.15, 0.2) is 18.3 Å². The molecule has 0 radical (unpaired) electrons. The van der Waals surface area contributed by atoms with Crippen LogP contribution in [0, 0.1) is 0 Å². The number of amides is 1. The predicted molar refractivity (Wildman–Crippen MR) is 57.1 cm³/mol.